The molecule has 0 bridgehead atoms. The molecule has 0 spiro atoms. The summed E-state index contributed by atoms with van der Waals surface area (Å²) in [6, 6.07) is 15.4. The van der Waals surface area contributed by atoms with E-state index in [1.807, 2.05) is 0 Å². The van der Waals surface area contributed by atoms with Gasteiger partial charge in [-0.05, 0) is 48.7 Å². The zero-order chi connectivity index (χ0) is 15.5. The van der Waals surface area contributed by atoms with E-state index in [0.717, 1.165) is 37.2 Å². The zero-order valence-corrected chi connectivity index (χ0v) is 14.9. The van der Waals surface area contributed by atoms with Gasteiger partial charge in [0, 0.05) is 42.9 Å². The van der Waals surface area contributed by atoms with Crippen molar-refractivity contribution in [1.82, 2.24) is 4.90 Å². The Morgan fingerprint density at radius 3 is 2.27 bits per heavy atom. The number of aryl methyl sites for hydroxylation is 2. The van der Waals surface area contributed by atoms with Gasteiger partial charge in [0.15, 0.2) is 0 Å². The number of rotatable bonds is 3. The second kappa shape index (κ2) is 6.84. The van der Waals surface area contributed by atoms with Gasteiger partial charge in [0.05, 0.1) is 0 Å². The summed E-state index contributed by atoms with van der Waals surface area (Å²) in [7, 11) is 0. The lowest BCUT2D eigenvalue weighted by Crippen LogP contribution is -2.46. The first kappa shape index (κ1) is 15.6. The third kappa shape index (κ3) is 3.71. The summed E-state index contributed by atoms with van der Waals surface area (Å²) in [6.07, 6.45) is 0. The first-order valence-corrected chi connectivity index (χ1v) is 8.70. The zero-order valence-electron chi connectivity index (χ0n) is 13.3. The van der Waals surface area contributed by atoms with Gasteiger partial charge in [-0.1, -0.05) is 40.2 Å². The van der Waals surface area contributed by atoms with Crippen LogP contribution in [0, 0.1) is 13.8 Å². The largest absolute Gasteiger partial charge is 0.369 e. The second-order valence-electron chi connectivity index (χ2n) is 6.18. The summed E-state index contributed by atoms with van der Waals surface area (Å²) in [5, 5.41) is 0. The van der Waals surface area contributed by atoms with Crippen LogP contribution < -0.4 is 4.90 Å². The number of hydrogen-bond donors (Lipinski definition) is 0. The molecule has 1 heterocycles. The van der Waals surface area contributed by atoms with Gasteiger partial charge in [-0.3, -0.25) is 4.90 Å². The summed E-state index contributed by atoms with van der Waals surface area (Å²) in [5.74, 6) is 0. The SMILES string of the molecule is Cc1ccc(C)c(N2CCN(Cc3ccc(Br)cc3)CC2)c1. The number of benzene rings is 2. The standard InChI is InChI=1S/C19H23BrN2/c1-15-3-4-16(2)19(13-15)22-11-9-21(10-12-22)14-17-5-7-18(20)8-6-17/h3-8,13H,9-12,14H2,1-2H3. The predicted molar refractivity (Wildman–Crippen MR) is 97.5 cm³/mol. The molecule has 1 saturated heterocycles. The highest BCUT2D eigenvalue weighted by Crippen LogP contribution is 2.23. The molecule has 2 aromatic rings. The molecule has 3 rings (SSSR count). The number of hydrogen-bond acceptors (Lipinski definition) is 2. The first-order valence-electron chi connectivity index (χ1n) is 7.91. The molecule has 1 fully saturated rings. The number of anilines is 1. The lowest BCUT2D eigenvalue weighted by molar-refractivity contribution is 0.250. The third-order valence-electron chi connectivity index (χ3n) is 4.40. The molecule has 2 nitrogen and oxygen atoms in total. The molecule has 0 aromatic heterocycles. The Kier molecular flexibility index (Phi) is 4.84. The molecule has 3 heteroatoms. The maximum atomic E-state index is 3.50. The Morgan fingerprint density at radius 2 is 1.59 bits per heavy atom. The van der Waals surface area contributed by atoms with E-state index >= 15 is 0 Å². The molecule has 116 valence electrons. The predicted octanol–water partition coefficient (Wildman–Crippen LogP) is 4.39. The lowest BCUT2D eigenvalue weighted by atomic mass is 10.1. The monoisotopic (exact) mass is 358 g/mol. The average molecular weight is 359 g/mol. The fourth-order valence-corrected chi connectivity index (χ4v) is 3.32. The minimum absolute atomic E-state index is 1.05. The van der Waals surface area contributed by atoms with Gasteiger partial charge in [0.2, 0.25) is 0 Å². The Balaban J connectivity index is 1.60. The Bertz CT molecular complexity index is 628. The normalized spacial score (nSPS) is 16.0. The van der Waals surface area contributed by atoms with Crippen LogP contribution in [0.15, 0.2) is 46.9 Å². The molecular formula is C19H23BrN2. The maximum absolute atomic E-state index is 3.50. The highest BCUT2D eigenvalue weighted by molar-refractivity contribution is 9.10. The minimum atomic E-state index is 1.05. The smallest absolute Gasteiger partial charge is 0.0399 e. The fraction of sp³-hybridized carbons (Fsp3) is 0.368. The van der Waals surface area contributed by atoms with Crippen LogP contribution in [0.1, 0.15) is 16.7 Å². The molecule has 0 radical (unpaired) electrons. The van der Waals surface area contributed by atoms with Crippen molar-refractivity contribution >= 4 is 21.6 Å². The summed E-state index contributed by atoms with van der Waals surface area (Å²) < 4.78 is 1.15. The van der Waals surface area contributed by atoms with Crippen molar-refractivity contribution in [3.05, 3.63) is 63.6 Å². The van der Waals surface area contributed by atoms with Crippen LogP contribution >= 0.6 is 15.9 Å². The van der Waals surface area contributed by atoms with E-state index in [1.54, 1.807) is 0 Å². The summed E-state index contributed by atoms with van der Waals surface area (Å²) in [6.45, 7) is 9.91. The van der Waals surface area contributed by atoms with Crippen LogP contribution in [-0.4, -0.2) is 31.1 Å². The van der Waals surface area contributed by atoms with Gasteiger partial charge in [-0.25, -0.2) is 0 Å². The van der Waals surface area contributed by atoms with Crippen LogP contribution in [0.25, 0.3) is 0 Å². The van der Waals surface area contributed by atoms with E-state index in [0.29, 0.717) is 0 Å². The van der Waals surface area contributed by atoms with Crippen molar-refractivity contribution in [2.45, 2.75) is 20.4 Å². The maximum Gasteiger partial charge on any atom is 0.0399 e. The van der Waals surface area contributed by atoms with Crippen molar-refractivity contribution in [1.29, 1.82) is 0 Å². The van der Waals surface area contributed by atoms with Gasteiger partial charge in [-0.2, -0.15) is 0 Å². The van der Waals surface area contributed by atoms with Gasteiger partial charge >= 0.3 is 0 Å². The van der Waals surface area contributed by atoms with Crippen LogP contribution in [0.5, 0.6) is 0 Å². The minimum Gasteiger partial charge on any atom is -0.369 e. The fourth-order valence-electron chi connectivity index (χ4n) is 3.06. The summed E-state index contributed by atoms with van der Waals surface area (Å²) in [5.41, 5.74) is 5.52. The molecular weight excluding hydrogens is 336 g/mol. The van der Waals surface area contributed by atoms with Gasteiger partial charge in [0.1, 0.15) is 0 Å². The van der Waals surface area contributed by atoms with E-state index in [4.69, 9.17) is 0 Å². The van der Waals surface area contributed by atoms with Crippen LogP contribution in [-0.2, 0) is 6.54 Å². The Morgan fingerprint density at radius 1 is 0.909 bits per heavy atom. The number of halogens is 1. The molecule has 1 aliphatic heterocycles. The number of piperazine rings is 1. The highest BCUT2D eigenvalue weighted by atomic mass is 79.9. The molecule has 0 N–H and O–H groups in total. The molecule has 0 unspecified atom stereocenters. The van der Waals surface area contributed by atoms with Gasteiger partial charge in [-0.15, -0.1) is 0 Å². The molecule has 0 atom stereocenters. The van der Waals surface area contributed by atoms with Crippen molar-refractivity contribution in [3.63, 3.8) is 0 Å². The first-order chi connectivity index (χ1) is 10.6. The molecule has 22 heavy (non-hydrogen) atoms. The molecule has 0 saturated carbocycles. The molecule has 2 aromatic carbocycles. The van der Waals surface area contributed by atoms with Crippen LogP contribution in [0.3, 0.4) is 0 Å². The number of nitrogens with zero attached hydrogens (tertiary/aromatic N) is 2. The van der Waals surface area contributed by atoms with Crippen molar-refractivity contribution in [3.8, 4) is 0 Å². The lowest BCUT2D eigenvalue weighted by Gasteiger charge is -2.37. The highest BCUT2D eigenvalue weighted by Gasteiger charge is 2.18. The van der Waals surface area contributed by atoms with E-state index in [2.05, 4.69) is 82.0 Å². The van der Waals surface area contributed by atoms with Crippen molar-refractivity contribution < 1.29 is 0 Å². The van der Waals surface area contributed by atoms with Gasteiger partial charge < -0.3 is 4.90 Å². The van der Waals surface area contributed by atoms with Crippen molar-refractivity contribution in [2.24, 2.45) is 0 Å². The topological polar surface area (TPSA) is 6.48 Å². The van der Waals surface area contributed by atoms with Crippen LogP contribution in [0.4, 0.5) is 5.69 Å². The van der Waals surface area contributed by atoms with E-state index in [1.165, 1.54) is 22.4 Å². The average Bonchev–Trinajstić information content (AvgIpc) is 2.53. The van der Waals surface area contributed by atoms with E-state index < -0.39 is 0 Å². The quantitative estimate of drug-likeness (QED) is 0.802. The van der Waals surface area contributed by atoms with E-state index in [-0.39, 0.29) is 0 Å². The molecule has 0 aliphatic carbocycles. The Labute approximate surface area is 141 Å². The molecule has 1 aliphatic rings. The summed E-state index contributed by atoms with van der Waals surface area (Å²) >= 11 is 3.50. The van der Waals surface area contributed by atoms with Crippen LogP contribution in [0.2, 0.25) is 0 Å². The Hall–Kier alpha value is -1.32. The van der Waals surface area contributed by atoms with Crippen molar-refractivity contribution in [2.75, 3.05) is 31.1 Å². The summed E-state index contributed by atoms with van der Waals surface area (Å²) in [4.78, 5) is 5.07. The van der Waals surface area contributed by atoms with Gasteiger partial charge in [0.25, 0.3) is 0 Å². The molecule has 0 amide bonds. The second-order valence-corrected chi connectivity index (χ2v) is 7.10. The van der Waals surface area contributed by atoms with E-state index in [9.17, 15) is 0 Å². The third-order valence-corrected chi connectivity index (χ3v) is 4.93.